The third-order valence-corrected chi connectivity index (χ3v) is 1.90. The number of carbonyl (C=O) groups excluding carboxylic acids is 1. The number of nitro groups is 1. The molecule has 9 nitrogen and oxygen atoms in total. The van der Waals surface area contributed by atoms with Gasteiger partial charge in [0.05, 0.1) is 11.5 Å². The summed E-state index contributed by atoms with van der Waals surface area (Å²) in [5.41, 5.74) is 9.86. The van der Waals surface area contributed by atoms with Gasteiger partial charge in [0, 0.05) is 6.07 Å². The molecule has 0 aromatic carbocycles. The van der Waals surface area contributed by atoms with Crippen molar-refractivity contribution >= 4 is 23.2 Å². The molecule has 0 fully saturated rings. The van der Waals surface area contributed by atoms with E-state index in [1.54, 1.807) is 0 Å². The Bertz CT molecular complexity index is 450. The molecule has 0 saturated carbocycles. The van der Waals surface area contributed by atoms with Crippen molar-refractivity contribution < 1.29 is 14.8 Å². The summed E-state index contributed by atoms with van der Waals surface area (Å²) < 4.78 is 0. The van der Waals surface area contributed by atoms with E-state index in [1.807, 2.05) is 0 Å². The number of aliphatic hydroxyl groups excluding tert-OH is 1. The van der Waals surface area contributed by atoms with Crippen LogP contribution in [0.15, 0.2) is 12.1 Å². The van der Waals surface area contributed by atoms with Crippen LogP contribution in [0.25, 0.3) is 0 Å². The van der Waals surface area contributed by atoms with E-state index in [0.717, 1.165) is 0 Å². The van der Waals surface area contributed by atoms with E-state index in [9.17, 15) is 14.9 Å². The molecule has 0 radical (unpaired) electrons. The summed E-state index contributed by atoms with van der Waals surface area (Å²) in [4.78, 5) is 24.0. The van der Waals surface area contributed by atoms with Crippen LogP contribution in [-0.2, 0) is 4.79 Å². The second-order valence-corrected chi connectivity index (χ2v) is 3.16. The van der Waals surface area contributed by atoms with Crippen LogP contribution in [0.2, 0.25) is 0 Å². The zero-order chi connectivity index (χ0) is 13.0. The van der Waals surface area contributed by atoms with E-state index in [-0.39, 0.29) is 23.9 Å². The van der Waals surface area contributed by atoms with Gasteiger partial charge in [-0.1, -0.05) is 0 Å². The quantitative estimate of drug-likeness (QED) is 0.373. The van der Waals surface area contributed by atoms with Gasteiger partial charge in [-0.05, 0) is 6.07 Å². The first kappa shape index (κ1) is 12.6. The molecular weight excluding hydrogens is 230 g/mol. The van der Waals surface area contributed by atoms with Crippen LogP contribution in [0.4, 0.5) is 17.3 Å². The molecule has 1 aromatic heterocycles. The highest BCUT2D eigenvalue weighted by molar-refractivity contribution is 5.79. The average Bonchev–Trinajstić information content (AvgIpc) is 2.25. The number of anilines is 2. The largest absolute Gasteiger partial charge is 0.381 e. The van der Waals surface area contributed by atoms with Gasteiger partial charge in [-0.3, -0.25) is 14.9 Å². The van der Waals surface area contributed by atoms with Gasteiger partial charge in [0.1, 0.15) is 11.9 Å². The average molecular weight is 241 g/mol. The monoisotopic (exact) mass is 241 g/mol. The second-order valence-electron chi connectivity index (χ2n) is 3.16. The number of nitrogen functional groups attached to an aromatic ring is 1. The molecule has 1 amide bonds. The highest BCUT2D eigenvalue weighted by atomic mass is 16.6. The van der Waals surface area contributed by atoms with E-state index < -0.39 is 16.9 Å². The zero-order valence-electron chi connectivity index (χ0n) is 8.66. The summed E-state index contributed by atoms with van der Waals surface area (Å²) in [7, 11) is 0. The van der Waals surface area contributed by atoms with Crippen molar-refractivity contribution in [2.75, 3.05) is 17.6 Å². The Hall–Kier alpha value is -2.42. The lowest BCUT2D eigenvalue weighted by atomic mass is 10.3. The van der Waals surface area contributed by atoms with Crippen LogP contribution < -0.4 is 16.8 Å². The number of rotatable bonds is 5. The number of carbonyl (C=O) groups is 1. The van der Waals surface area contributed by atoms with Gasteiger partial charge in [0.15, 0.2) is 0 Å². The minimum absolute atomic E-state index is 0.153. The highest BCUT2D eigenvalue weighted by Crippen LogP contribution is 2.20. The Morgan fingerprint density at radius 2 is 2.29 bits per heavy atom. The third kappa shape index (κ3) is 3.28. The molecule has 92 valence electrons. The Morgan fingerprint density at radius 1 is 1.65 bits per heavy atom. The highest BCUT2D eigenvalue weighted by Gasteiger charge is 2.14. The van der Waals surface area contributed by atoms with Crippen LogP contribution in [0.3, 0.4) is 0 Å². The van der Waals surface area contributed by atoms with Crippen LogP contribution >= 0.6 is 0 Å². The Balaban J connectivity index is 2.71. The van der Waals surface area contributed by atoms with E-state index in [1.165, 1.54) is 12.1 Å². The molecule has 1 rings (SSSR count). The molecule has 0 aliphatic rings. The summed E-state index contributed by atoms with van der Waals surface area (Å²) in [6, 6.07) is 2.48. The fourth-order valence-electron chi connectivity index (χ4n) is 1.02. The predicted molar refractivity (Wildman–Crippen MR) is 59.0 cm³/mol. The van der Waals surface area contributed by atoms with Gasteiger partial charge in [0.25, 0.3) is 0 Å². The second kappa shape index (κ2) is 5.07. The van der Waals surface area contributed by atoms with E-state index >= 15 is 0 Å². The molecule has 1 aromatic rings. The molecule has 0 aliphatic heterocycles. The lowest BCUT2D eigenvalue weighted by Gasteiger charge is -2.09. The van der Waals surface area contributed by atoms with Gasteiger partial charge in [0.2, 0.25) is 11.7 Å². The standard InChI is InChI=1S/C8H11N5O4/c9-7-4(13(16)17)1-2-6(12-7)11-3-5(14)8(10)15/h1-2,5,14H,3H2,(H2,10,15)(H3,9,11,12). The minimum atomic E-state index is -1.37. The van der Waals surface area contributed by atoms with Gasteiger partial charge in [-0.15, -0.1) is 0 Å². The first-order valence-corrected chi connectivity index (χ1v) is 4.54. The number of nitrogens with zero attached hydrogens (tertiary/aromatic N) is 2. The summed E-state index contributed by atoms with van der Waals surface area (Å²) in [5.74, 6) is -0.936. The number of pyridine rings is 1. The normalized spacial score (nSPS) is 11.8. The summed E-state index contributed by atoms with van der Waals surface area (Å²) in [6.07, 6.45) is -1.37. The summed E-state index contributed by atoms with van der Waals surface area (Å²) in [5, 5.41) is 22.1. The number of hydrogen-bond donors (Lipinski definition) is 4. The zero-order valence-corrected chi connectivity index (χ0v) is 8.66. The minimum Gasteiger partial charge on any atom is -0.381 e. The molecule has 6 N–H and O–H groups in total. The first-order valence-electron chi connectivity index (χ1n) is 4.54. The third-order valence-electron chi connectivity index (χ3n) is 1.90. The van der Waals surface area contributed by atoms with Crippen LogP contribution in [-0.4, -0.2) is 33.6 Å². The Labute approximate surface area is 95.6 Å². The summed E-state index contributed by atoms with van der Waals surface area (Å²) in [6.45, 7) is -0.153. The Kier molecular flexibility index (Phi) is 3.78. The van der Waals surface area contributed by atoms with Crippen LogP contribution in [0.5, 0.6) is 0 Å². The van der Waals surface area contributed by atoms with Gasteiger partial charge in [-0.2, -0.15) is 0 Å². The SMILES string of the molecule is NC(=O)C(O)CNc1ccc([N+](=O)[O-])c(N)n1. The topological polar surface area (TPSA) is 157 Å². The van der Waals surface area contributed by atoms with Crippen molar-refractivity contribution in [2.24, 2.45) is 5.73 Å². The molecule has 0 spiro atoms. The van der Waals surface area contributed by atoms with E-state index in [0.29, 0.717) is 0 Å². The molecule has 0 aliphatic carbocycles. The van der Waals surface area contributed by atoms with E-state index in [4.69, 9.17) is 16.6 Å². The number of hydrogen-bond acceptors (Lipinski definition) is 7. The fraction of sp³-hybridized carbons (Fsp3) is 0.250. The number of aliphatic hydroxyl groups is 1. The molecule has 17 heavy (non-hydrogen) atoms. The maximum atomic E-state index is 10.5. The van der Waals surface area contributed by atoms with Crippen molar-refractivity contribution in [3.8, 4) is 0 Å². The lowest BCUT2D eigenvalue weighted by molar-refractivity contribution is -0.384. The fourth-order valence-corrected chi connectivity index (χ4v) is 1.02. The maximum absolute atomic E-state index is 10.5. The van der Waals surface area contributed by atoms with Crippen molar-refractivity contribution in [2.45, 2.75) is 6.10 Å². The molecule has 0 bridgehead atoms. The van der Waals surface area contributed by atoms with Gasteiger partial charge in [-0.25, -0.2) is 4.98 Å². The van der Waals surface area contributed by atoms with Crippen molar-refractivity contribution in [1.29, 1.82) is 0 Å². The lowest BCUT2D eigenvalue weighted by Crippen LogP contribution is -2.34. The number of aromatic nitrogens is 1. The van der Waals surface area contributed by atoms with Crippen molar-refractivity contribution in [3.63, 3.8) is 0 Å². The van der Waals surface area contributed by atoms with Crippen LogP contribution in [0.1, 0.15) is 0 Å². The maximum Gasteiger partial charge on any atom is 0.311 e. The molecule has 1 unspecified atom stereocenters. The number of nitrogens with one attached hydrogen (secondary N) is 1. The van der Waals surface area contributed by atoms with Crippen molar-refractivity contribution in [1.82, 2.24) is 4.98 Å². The molecular formula is C8H11N5O4. The number of primary amides is 1. The molecule has 0 saturated heterocycles. The predicted octanol–water partition coefficient (Wildman–Crippen LogP) is -1.17. The molecule has 1 heterocycles. The Morgan fingerprint density at radius 3 is 2.76 bits per heavy atom. The first-order chi connectivity index (χ1) is 7.91. The van der Waals surface area contributed by atoms with Gasteiger partial charge >= 0.3 is 5.69 Å². The smallest absolute Gasteiger partial charge is 0.311 e. The summed E-state index contributed by atoms with van der Waals surface area (Å²) >= 11 is 0. The number of amides is 1. The van der Waals surface area contributed by atoms with E-state index in [2.05, 4.69) is 10.3 Å². The number of nitrogens with two attached hydrogens (primary N) is 2. The van der Waals surface area contributed by atoms with Gasteiger partial charge < -0.3 is 21.9 Å². The van der Waals surface area contributed by atoms with Crippen LogP contribution in [0, 0.1) is 10.1 Å². The molecule has 1 atom stereocenters. The molecule has 9 heteroatoms. The van der Waals surface area contributed by atoms with Crippen molar-refractivity contribution in [3.05, 3.63) is 22.2 Å².